The number of hydrogen-bond acceptors (Lipinski definition) is 6. The van der Waals surface area contributed by atoms with E-state index in [1.807, 2.05) is 0 Å². The second kappa shape index (κ2) is 20.9. The van der Waals surface area contributed by atoms with Crippen molar-refractivity contribution in [2.75, 3.05) is 39.6 Å². The smallest absolute Gasteiger partial charge is 0.157 e. The van der Waals surface area contributed by atoms with E-state index in [1.54, 1.807) is 0 Å². The molecule has 0 N–H and O–H groups in total. The van der Waals surface area contributed by atoms with Gasteiger partial charge in [-0.05, 0) is 95.8 Å². The fourth-order valence-corrected chi connectivity index (χ4v) is 6.03. The zero-order valence-corrected chi connectivity index (χ0v) is 27.4. The molecule has 0 spiro atoms. The number of benzene rings is 1. The lowest BCUT2D eigenvalue weighted by molar-refractivity contribution is -0.0482. The van der Waals surface area contributed by atoms with Crippen molar-refractivity contribution in [2.24, 2.45) is 0 Å². The molecule has 0 aliphatic carbocycles. The van der Waals surface area contributed by atoms with Gasteiger partial charge in [-0.3, -0.25) is 0 Å². The summed E-state index contributed by atoms with van der Waals surface area (Å²) >= 11 is 4.73. The van der Waals surface area contributed by atoms with Crippen molar-refractivity contribution in [3.63, 3.8) is 0 Å². The maximum Gasteiger partial charge on any atom is 0.157 e. The van der Waals surface area contributed by atoms with Crippen molar-refractivity contribution in [2.45, 2.75) is 115 Å². The van der Waals surface area contributed by atoms with Crippen LogP contribution in [0.5, 0.6) is 11.5 Å². The quantitative estimate of drug-likeness (QED) is 0.0873. The molecule has 8 heteroatoms. The predicted octanol–water partition coefficient (Wildman–Crippen LogP) is 8.64. The van der Waals surface area contributed by atoms with Crippen LogP contribution in [0, 0.1) is 7.14 Å². The van der Waals surface area contributed by atoms with Crippen LogP contribution in [0.1, 0.15) is 103 Å². The Morgan fingerprint density at radius 2 is 0.816 bits per heavy atom. The molecule has 2 aliphatic rings. The lowest BCUT2D eigenvalue weighted by atomic mass is 10.1. The van der Waals surface area contributed by atoms with Crippen molar-refractivity contribution in [3.05, 3.63) is 19.3 Å². The molecule has 0 atom stereocenters. The molecule has 2 heterocycles. The van der Waals surface area contributed by atoms with Gasteiger partial charge in [-0.25, -0.2) is 0 Å². The van der Waals surface area contributed by atoms with E-state index >= 15 is 0 Å². The molecule has 1 aromatic carbocycles. The van der Waals surface area contributed by atoms with Gasteiger partial charge in [0, 0.05) is 0 Å². The van der Waals surface area contributed by atoms with Crippen LogP contribution in [0.4, 0.5) is 0 Å². The zero-order chi connectivity index (χ0) is 26.7. The van der Waals surface area contributed by atoms with Gasteiger partial charge in [0.25, 0.3) is 0 Å². The van der Waals surface area contributed by atoms with Crippen molar-refractivity contribution in [1.82, 2.24) is 0 Å². The van der Waals surface area contributed by atoms with Gasteiger partial charge in [-0.15, -0.1) is 0 Å². The number of hydrogen-bond donors (Lipinski definition) is 0. The Kier molecular flexibility index (Phi) is 18.0. The Hall–Kier alpha value is 0.120. The maximum absolute atomic E-state index is 6.09. The second-order valence-electron chi connectivity index (χ2n) is 10.3. The summed E-state index contributed by atoms with van der Waals surface area (Å²) < 4.78 is 36.4. The van der Waals surface area contributed by atoms with Gasteiger partial charge in [0.15, 0.2) is 12.6 Å². The topological polar surface area (TPSA) is 55.4 Å². The monoisotopic (exact) mass is 758 g/mol. The van der Waals surface area contributed by atoms with E-state index in [9.17, 15) is 0 Å². The number of ether oxygens (including phenoxy) is 6. The number of rotatable bonds is 22. The van der Waals surface area contributed by atoms with Crippen molar-refractivity contribution in [1.29, 1.82) is 0 Å². The molecule has 0 amide bonds. The third-order valence-corrected chi connectivity index (χ3v) is 8.74. The summed E-state index contributed by atoms with van der Waals surface area (Å²) in [6.45, 7) is 4.61. The van der Waals surface area contributed by atoms with Gasteiger partial charge in [-0.1, -0.05) is 64.2 Å². The second-order valence-corrected chi connectivity index (χ2v) is 12.6. The Labute approximate surface area is 257 Å². The lowest BCUT2D eigenvalue weighted by Crippen LogP contribution is -2.06. The molecule has 0 unspecified atom stereocenters. The van der Waals surface area contributed by atoms with Gasteiger partial charge in [0.05, 0.1) is 46.8 Å². The molecule has 2 saturated heterocycles. The minimum atomic E-state index is 0.0627. The Morgan fingerprint density at radius 3 is 1.18 bits per heavy atom. The normalized spacial score (nSPS) is 16.5. The minimum Gasteiger partial charge on any atom is -0.492 e. The largest absolute Gasteiger partial charge is 0.492 e. The first-order valence-corrected chi connectivity index (χ1v) is 17.1. The maximum atomic E-state index is 6.09. The van der Waals surface area contributed by atoms with E-state index in [2.05, 4.69) is 57.3 Å². The van der Waals surface area contributed by atoms with Crippen molar-refractivity contribution >= 4 is 45.2 Å². The summed E-state index contributed by atoms with van der Waals surface area (Å²) in [7, 11) is 0. The standard InChI is InChI=1S/C30H48I2O6/c31-25-24-28(34-18-14-10-6-2-4-8-12-16-30-37-21-22-38-30)26(32)23-27(25)33-17-13-9-5-1-3-7-11-15-29-35-19-20-36-29/h23-24,29-30H,1-22H2. The summed E-state index contributed by atoms with van der Waals surface area (Å²) in [5.74, 6) is 1.95. The average molecular weight is 759 g/mol. The summed E-state index contributed by atoms with van der Waals surface area (Å²) in [4.78, 5) is 0. The van der Waals surface area contributed by atoms with Crippen LogP contribution in [-0.4, -0.2) is 52.2 Å². The Bertz CT molecular complexity index is 676. The highest BCUT2D eigenvalue weighted by atomic mass is 127. The molecule has 0 saturated carbocycles. The van der Waals surface area contributed by atoms with E-state index in [0.717, 1.165) is 84.0 Å². The SMILES string of the molecule is Ic1cc(OCCCCCCCCCC2OCCO2)c(I)cc1OCCCCCCCCCC1OCCO1. The van der Waals surface area contributed by atoms with Crippen LogP contribution in [0.25, 0.3) is 0 Å². The van der Waals surface area contributed by atoms with Gasteiger partial charge in [0.1, 0.15) is 11.5 Å². The summed E-state index contributed by atoms with van der Waals surface area (Å²) in [6, 6.07) is 4.24. The molecular weight excluding hydrogens is 710 g/mol. The van der Waals surface area contributed by atoms with Crippen LogP contribution < -0.4 is 9.47 Å². The van der Waals surface area contributed by atoms with E-state index in [-0.39, 0.29) is 12.6 Å². The molecular formula is C30H48I2O6. The molecule has 38 heavy (non-hydrogen) atoms. The van der Waals surface area contributed by atoms with Crippen LogP contribution >= 0.6 is 45.2 Å². The molecule has 1 aromatic rings. The molecule has 218 valence electrons. The average Bonchev–Trinajstić information content (AvgIpc) is 3.63. The number of unbranched alkanes of at least 4 members (excludes halogenated alkanes) is 12. The van der Waals surface area contributed by atoms with Gasteiger partial charge >= 0.3 is 0 Å². The first-order chi connectivity index (χ1) is 18.7. The minimum absolute atomic E-state index is 0.0627. The number of halogens is 2. The van der Waals surface area contributed by atoms with E-state index < -0.39 is 0 Å². The van der Waals surface area contributed by atoms with Crippen LogP contribution in [0.3, 0.4) is 0 Å². The molecule has 0 aromatic heterocycles. The third kappa shape index (κ3) is 14.1. The third-order valence-electron chi connectivity index (χ3n) is 7.05. The highest BCUT2D eigenvalue weighted by Gasteiger charge is 2.15. The molecule has 3 rings (SSSR count). The Balaban J connectivity index is 1.13. The lowest BCUT2D eigenvalue weighted by Gasteiger charge is -2.13. The summed E-state index contributed by atoms with van der Waals surface area (Å²) in [5.41, 5.74) is 0. The van der Waals surface area contributed by atoms with E-state index in [4.69, 9.17) is 28.4 Å². The molecule has 6 nitrogen and oxygen atoms in total. The van der Waals surface area contributed by atoms with Crippen LogP contribution in [-0.2, 0) is 18.9 Å². The van der Waals surface area contributed by atoms with E-state index in [1.165, 1.54) is 77.0 Å². The fourth-order valence-electron chi connectivity index (χ4n) is 4.84. The van der Waals surface area contributed by atoms with Crippen LogP contribution in [0.2, 0.25) is 0 Å². The van der Waals surface area contributed by atoms with Crippen LogP contribution in [0.15, 0.2) is 12.1 Å². The molecule has 2 aliphatic heterocycles. The first kappa shape index (κ1) is 32.6. The van der Waals surface area contributed by atoms with Crippen molar-refractivity contribution < 1.29 is 28.4 Å². The fraction of sp³-hybridized carbons (Fsp3) is 0.800. The van der Waals surface area contributed by atoms with Crippen molar-refractivity contribution in [3.8, 4) is 11.5 Å². The van der Waals surface area contributed by atoms with Gasteiger partial charge in [-0.2, -0.15) is 0 Å². The summed E-state index contributed by atoms with van der Waals surface area (Å²) in [6.07, 6.45) is 19.6. The highest BCUT2D eigenvalue weighted by molar-refractivity contribution is 14.1. The molecule has 2 fully saturated rings. The molecule has 0 radical (unpaired) electrons. The van der Waals surface area contributed by atoms with Gasteiger partial charge < -0.3 is 28.4 Å². The zero-order valence-electron chi connectivity index (χ0n) is 23.1. The first-order valence-electron chi connectivity index (χ1n) is 14.9. The highest BCUT2D eigenvalue weighted by Crippen LogP contribution is 2.31. The predicted molar refractivity (Wildman–Crippen MR) is 168 cm³/mol. The van der Waals surface area contributed by atoms with Gasteiger partial charge in [0.2, 0.25) is 0 Å². The van der Waals surface area contributed by atoms with E-state index in [0.29, 0.717) is 0 Å². The Morgan fingerprint density at radius 1 is 0.500 bits per heavy atom. The summed E-state index contributed by atoms with van der Waals surface area (Å²) in [5, 5.41) is 0. The molecule has 0 bridgehead atoms.